The molecule has 0 fully saturated rings. The molecule has 1 rings (SSSR count). The monoisotopic (exact) mass is 413 g/mol. The number of benzene rings is 1. The zero-order chi connectivity index (χ0) is 20.1. The molecule has 0 saturated heterocycles. The smallest absolute Gasteiger partial charge is 0.342 e. The first kappa shape index (κ1) is 23.8. The molecule has 27 heavy (non-hydrogen) atoms. The molecule has 5 nitrogen and oxygen atoms in total. The van der Waals surface area contributed by atoms with Crippen LogP contribution in [0.5, 0.6) is 0 Å². The second-order valence-electron chi connectivity index (χ2n) is 6.74. The van der Waals surface area contributed by atoms with Gasteiger partial charge in [-0.2, -0.15) is 0 Å². The van der Waals surface area contributed by atoms with E-state index in [0.717, 1.165) is 4.90 Å². The van der Waals surface area contributed by atoms with E-state index in [1.54, 1.807) is 16.9 Å². The lowest BCUT2D eigenvalue weighted by Gasteiger charge is -2.16. The molecule has 0 radical (unpaired) electrons. The zero-order valence-electron chi connectivity index (χ0n) is 16.3. The number of hydrogen-bond donors (Lipinski definition) is 1. The average molecular weight is 414 g/mol. The number of carboxylic acids is 1. The fraction of sp³-hybridized carbons (Fsp3) is 0.650. The molecular weight excluding hydrogens is 382 g/mol. The fourth-order valence-corrected chi connectivity index (χ4v) is 5.55. The molecule has 0 aliphatic rings. The highest BCUT2D eigenvalue weighted by Crippen LogP contribution is 2.40. The van der Waals surface area contributed by atoms with Crippen LogP contribution in [0, 0.1) is 10.1 Å². The van der Waals surface area contributed by atoms with Gasteiger partial charge in [0.15, 0.2) is 0 Å². The Kier molecular flexibility index (Phi) is 12.3. The van der Waals surface area contributed by atoms with Crippen LogP contribution in [0.15, 0.2) is 23.1 Å². The summed E-state index contributed by atoms with van der Waals surface area (Å²) in [6.45, 7) is 4.42. The molecule has 0 aromatic heterocycles. The van der Waals surface area contributed by atoms with E-state index in [1.807, 2.05) is 0 Å². The lowest BCUT2D eigenvalue weighted by Crippen LogP contribution is -2.03. The van der Waals surface area contributed by atoms with Gasteiger partial charge < -0.3 is 5.11 Å². The summed E-state index contributed by atoms with van der Waals surface area (Å²) in [7, 11) is 3.32. The molecular formula is C20H31NO4S2. The SMILES string of the molecule is CCCCCCC(CCCCCC)SSc1ccc([N+](=O)[O-])c(C(=O)O)c1. The molecule has 1 N–H and O–H groups in total. The lowest BCUT2D eigenvalue weighted by atomic mass is 10.1. The Balaban J connectivity index is 2.67. The predicted molar refractivity (Wildman–Crippen MR) is 115 cm³/mol. The van der Waals surface area contributed by atoms with Gasteiger partial charge in [0.2, 0.25) is 0 Å². The van der Waals surface area contributed by atoms with Crippen LogP contribution in [-0.2, 0) is 0 Å². The van der Waals surface area contributed by atoms with E-state index in [-0.39, 0.29) is 11.3 Å². The van der Waals surface area contributed by atoms with Crippen molar-refractivity contribution in [3.8, 4) is 0 Å². The summed E-state index contributed by atoms with van der Waals surface area (Å²) in [5, 5.41) is 20.7. The molecule has 0 unspecified atom stereocenters. The number of carbonyl (C=O) groups is 1. The highest BCUT2D eigenvalue weighted by atomic mass is 33.1. The molecule has 0 bridgehead atoms. The van der Waals surface area contributed by atoms with Gasteiger partial charge in [0.05, 0.1) is 4.92 Å². The number of hydrogen-bond acceptors (Lipinski definition) is 5. The topological polar surface area (TPSA) is 80.4 Å². The summed E-state index contributed by atoms with van der Waals surface area (Å²) in [6, 6.07) is 4.36. The van der Waals surface area contributed by atoms with E-state index in [1.165, 1.54) is 87.1 Å². The second-order valence-corrected chi connectivity index (χ2v) is 9.32. The van der Waals surface area contributed by atoms with Gasteiger partial charge in [0.25, 0.3) is 5.69 Å². The van der Waals surface area contributed by atoms with Gasteiger partial charge in [0.1, 0.15) is 5.56 Å². The number of nitrogens with zero attached hydrogens (tertiary/aromatic N) is 1. The first-order valence-corrected chi connectivity index (χ1v) is 12.1. The van der Waals surface area contributed by atoms with Gasteiger partial charge in [-0.3, -0.25) is 10.1 Å². The Morgan fingerprint density at radius 2 is 1.67 bits per heavy atom. The van der Waals surface area contributed by atoms with Gasteiger partial charge in [-0.25, -0.2) is 4.79 Å². The van der Waals surface area contributed by atoms with Crippen LogP contribution in [0.3, 0.4) is 0 Å². The maximum atomic E-state index is 11.3. The van der Waals surface area contributed by atoms with Crippen molar-refractivity contribution in [2.75, 3.05) is 0 Å². The van der Waals surface area contributed by atoms with Crippen LogP contribution in [0.1, 0.15) is 88.4 Å². The van der Waals surface area contributed by atoms with Crippen molar-refractivity contribution in [1.29, 1.82) is 0 Å². The maximum Gasteiger partial charge on any atom is 0.342 e. The quantitative estimate of drug-likeness (QED) is 0.140. The third-order valence-corrected chi connectivity index (χ3v) is 7.40. The van der Waals surface area contributed by atoms with Crippen LogP contribution in [0.4, 0.5) is 5.69 Å². The van der Waals surface area contributed by atoms with E-state index in [9.17, 15) is 20.0 Å². The molecule has 152 valence electrons. The summed E-state index contributed by atoms with van der Waals surface area (Å²) in [4.78, 5) is 22.4. The van der Waals surface area contributed by atoms with Crippen LogP contribution in [0.2, 0.25) is 0 Å². The van der Waals surface area contributed by atoms with Crippen molar-refractivity contribution in [2.24, 2.45) is 0 Å². The summed E-state index contributed by atoms with van der Waals surface area (Å²) in [5.41, 5.74) is -0.597. The molecule has 0 amide bonds. The Bertz CT molecular complexity index is 583. The van der Waals surface area contributed by atoms with Gasteiger partial charge in [-0.1, -0.05) is 86.8 Å². The first-order chi connectivity index (χ1) is 13.0. The largest absolute Gasteiger partial charge is 0.477 e. The summed E-state index contributed by atoms with van der Waals surface area (Å²) in [6.07, 6.45) is 12.3. The standard InChI is InChI=1S/C20H31NO4S2/c1-3-5-7-9-11-16(12-10-8-6-4-2)26-27-17-13-14-19(21(24)25)18(15-17)20(22)23/h13-16H,3-12H2,1-2H3,(H,22,23). The molecule has 1 aromatic carbocycles. The number of rotatable bonds is 15. The molecule has 0 heterocycles. The van der Waals surface area contributed by atoms with Crippen molar-refractivity contribution < 1.29 is 14.8 Å². The highest BCUT2D eigenvalue weighted by Gasteiger charge is 2.20. The summed E-state index contributed by atoms with van der Waals surface area (Å²) >= 11 is 0. The molecule has 0 atom stereocenters. The Morgan fingerprint density at radius 3 is 2.15 bits per heavy atom. The highest BCUT2D eigenvalue weighted by molar-refractivity contribution is 8.76. The summed E-state index contributed by atoms with van der Waals surface area (Å²) in [5.74, 6) is -1.26. The minimum atomic E-state index is -1.26. The third kappa shape index (κ3) is 9.51. The van der Waals surface area contributed by atoms with E-state index >= 15 is 0 Å². The van der Waals surface area contributed by atoms with Crippen molar-refractivity contribution in [3.63, 3.8) is 0 Å². The van der Waals surface area contributed by atoms with E-state index < -0.39 is 10.9 Å². The Hall–Kier alpha value is -1.21. The van der Waals surface area contributed by atoms with Crippen LogP contribution in [0.25, 0.3) is 0 Å². The van der Waals surface area contributed by atoms with Crippen LogP contribution in [-0.4, -0.2) is 21.2 Å². The average Bonchev–Trinajstić information content (AvgIpc) is 2.65. The second kappa shape index (κ2) is 13.9. The molecule has 0 spiro atoms. The van der Waals surface area contributed by atoms with E-state index in [4.69, 9.17) is 0 Å². The lowest BCUT2D eigenvalue weighted by molar-refractivity contribution is -0.385. The van der Waals surface area contributed by atoms with Crippen molar-refractivity contribution in [1.82, 2.24) is 0 Å². The summed E-state index contributed by atoms with van der Waals surface area (Å²) < 4.78 is 0. The normalized spacial score (nSPS) is 11.1. The molecule has 1 aromatic rings. The van der Waals surface area contributed by atoms with Gasteiger partial charge in [-0.15, -0.1) is 0 Å². The number of nitro benzene ring substituents is 1. The predicted octanol–water partition coefficient (Wildman–Crippen LogP) is 7.34. The van der Waals surface area contributed by atoms with Crippen molar-refractivity contribution in [3.05, 3.63) is 33.9 Å². The molecule has 0 saturated carbocycles. The van der Waals surface area contributed by atoms with E-state index in [2.05, 4.69) is 13.8 Å². The van der Waals surface area contributed by atoms with Crippen LogP contribution >= 0.6 is 21.6 Å². The van der Waals surface area contributed by atoms with Gasteiger partial charge in [0, 0.05) is 16.2 Å². The first-order valence-electron chi connectivity index (χ1n) is 9.84. The van der Waals surface area contributed by atoms with Crippen LogP contribution < -0.4 is 0 Å². The van der Waals surface area contributed by atoms with Crippen molar-refractivity contribution >= 4 is 33.2 Å². The molecule has 0 aliphatic carbocycles. The number of carboxylic acid groups (broad SMARTS) is 1. The van der Waals surface area contributed by atoms with E-state index in [0.29, 0.717) is 5.25 Å². The van der Waals surface area contributed by atoms with Gasteiger partial charge >= 0.3 is 5.97 Å². The maximum absolute atomic E-state index is 11.3. The third-order valence-electron chi connectivity index (χ3n) is 4.43. The number of unbranched alkanes of at least 4 members (excludes halogenated alkanes) is 6. The number of nitro groups is 1. The molecule has 7 heteroatoms. The number of aromatic carboxylic acids is 1. The minimum Gasteiger partial charge on any atom is -0.477 e. The van der Waals surface area contributed by atoms with Gasteiger partial charge in [-0.05, 0) is 25.0 Å². The van der Waals surface area contributed by atoms with Crippen molar-refractivity contribution in [2.45, 2.75) is 88.2 Å². The zero-order valence-corrected chi connectivity index (χ0v) is 17.9. The Labute approximate surface area is 170 Å². The fourth-order valence-electron chi connectivity index (χ4n) is 2.86. The molecule has 0 aliphatic heterocycles. The minimum absolute atomic E-state index is 0.243. The Morgan fingerprint density at radius 1 is 1.07 bits per heavy atom.